The van der Waals surface area contributed by atoms with Crippen LogP contribution in [0.15, 0.2) is 24.3 Å². The smallest absolute Gasteiger partial charge is 0.320 e. The molecule has 0 atom stereocenters. The van der Waals surface area contributed by atoms with E-state index in [1.807, 2.05) is 43.1 Å². The van der Waals surface area contributed by atoms with Gasteiger partial charge >= 0.3 is 5.97 Å². The lowest BCUT2D eigenvalue weighted by molar-refractivity contribution is -0.144. The zero-order valence-corrected chi connectivity index (χ0v) is 11.3. The molecule has 0 aromatic heterocycles. The number of ether oxygens (including phenoxy) is 2. The molecule has 0 unspecified atom stereocenters. The lowest BCUT2D eigenvalue weighted by Crippen LogP contribution is -2.29. The molecule has 1 aromatic rings. The second-order valence-corrected chi connectivity index (χ2v) is 4.14. The number of carbonyl (C=O) groups is 1. The zero-order chi connectivity index (χ0) is 13.4. The fourth-order valence-corrected chi connectivity index (χ4v) is 1.62. The van der Waals surface area contributed by atoms with Crippen molar-refractivity contribution < 1.29 is 14.3 Å². The van der Waals surface area contributed by atoms with Crippen LogP contribution in [0.1, 0.15) is 12.5 Å². The van der Waals surface area contributed by atoms with Crippen LogP contribution in [-0.4, -0.2) is 44.7 Å². The molecule has 18 heavy (non-hydrogen) atoms. The van der Waals surface area contributed by atoms with Gasteiger partial charge in [-0.2, -0.15) is 0 Å². The van der Waals surface area contributed by atoms with Gasteiger partial charge in [-0.25, -0.2) is 0 Å². The number of hydrogen-bond donors (Lipinski definition) is 0. The highest BCUT2D eigenvalue weighted by atomic mass is 16.5. The lowest BCUT2D eigenvalue weighted by Gasteiger charge is -2.15. The maximum atomic E-state index is 11.3. The number of methoxy groups -OCH3 is 1. The van der Waals surface area contributed by atoms with Crippen LogP contribution in [0.3, 0.4) is 0 Å². The van der Waals surface area contributed by atoms with Crippen LogP contribution in [0.5, 0.6) is 5.75 Å². The lowest BCUT2D eigenvalue weighted by atomic mass is 10.1. The van der Waals surface area contributed by atoms with Crippen LogP contribution in [0, 0.1) is 0 Å². The fourth-order valence-electron chi connectivity index (χ4n) is 1.62. The van der Waals surface area contributed by atoms with Crippen molar-refractivity contribution in [1.82, 2.24) is 4.90 Å². The molecular weight excluding hydrogens is 230 g/mol. The third-order valence-corrected chi connectivity index (χ3v) is 2.65. The fraction of sp³-hybridized carbons (Fsp3) is 0.500. The Kier molecular flexibility index (Phi) is 6.22. The molecule has 0 saturated carbocycles. The van der Waals surface area contributed by atoms with Crippen LogP contribution in [0.25, 0.3) is 0 Å². The molecule has 4 heteroatoms. The number of hydrogen-bond acceptors (Lipinski definition) is 4. The highest BCUT2D eigenvalue weighted by molar-refractivity contribution is 5.71. The highest BCUT2D eigenvalue weighted by Crippen LogP contribution is 2.11. The third kappa shape index (κ3) is 5.19. The minimum absolute atomic E-state index is 0.172. The summed E-state index contributed by atoms with van der Waals surface area (Å²) >= 11 is 0. The molecular formula is C14H21NO3. The molecule has 0 amide bonds. The first-order valence-corrected chi connectivity index (χ1v) is 6.12. The van der Waals surface area contributed by atoms with Crippen molar-refractivity contribution in [2.45, 2.75) is 13.3 Å². The Morgan fingerprint density at radius 2 is 1.94 bits per heavy atom. The minimum Gasteiger partial charge on any atom is -0.497 e. The first-order valence-electron chi connectivity index (χ1n) is 6.12. The van der Waals surface area contributed by atoms with E-state index in [9.17, 15) is 4.79 Å². The molecule has 0 aliphatic rings. The van der Waals surface area contributed by atoms with E-state index < -0.39 is 0 Å². The SMILES string of the molecule is CCOC(=O)CN(C)CCc1ccc(OC)cc1. The molecule has 4 nitrogen and oxygen atoms in total. The summed E-state index contributed by atoms with van der Waals surface area (Å²) in [5.41, 5.74) is 1.23. The van der Waals surface area contributed by atoms with Crippen LogP contribution in [0.4, 0.5) is 0 Å². The molecule has 0 saturated heterocycles. The second-order valence-electron chi connectivity index (χ2n) is 4.14. The van der Waals surface area contributed by atoms with E-state index in [0.29, 0.717) is 13.2 Å². The summed E-state index contributed by atoms with van der Waals surface area (Å²) in [6.07, 6.45) is 0.903. The number of benzene rings is 1. The van der Waals surface area contributed by atoms with Crippen molar-refractivity contribution in [2.75, 3.05) is 33.9 Å². The van der Waals surface area contributed by atoms with Crippen molar-refractivity contribution in [3.05, 3.63) is 29.8 Å². The summed E-state index contributed by atoms with van der Waals surface area (Å²) in [4.78, 5) is 13.2. The van der Waals surface area contributed by atoms with Gasteiger partial charge in [-0.05, 0) is 38.1 Å². The van der Waals surface area contributed by atoms with Crippen LogP contribution < -0.4 is 4.74 Å². The average Bonchev–Trinajstić information content (AvgIpc) is 2.37. The molecule has 100 valence electrons. The van der Waals surface area contributed by atoms with E-state index in [-0.39, 0.29) is 5.97 Å². The molecule has 1 aromatic carbocycles. The van der Waals surface area contributed by atoms with Crippen molar-refractivity contribution in [3.8, 4) is 5.75 Å². The maximum Gasteiger partial charge on any atom is 0.320 e. The number of rotatable bonds is 7. The average molecular weight is 251 g/mol. The molecule has 0 spiro atoms. The van der Waals surface area contributed by atoms with Gasteiger partial charge in [0.15, 0.2) is 0 Å². The Bertz CT molecular complexity index is 362. The van der Waals surface area contributed by atoms with Gasteiger partial charge in [0.25, 0.3) is 0 Å². The Labute approximate surface area is 108 Å². The van der Waals surface area contributed by atoms with E-state index in [1.165, 1.54) is 5.56 Å². The van der Waals surface area contributed by atoms with E-state index >= 15 is 0 Å². The largest absolute Gasteiger partial charge is 0.497 e. The summed E-state index contributed by atoms with van der Waals surface area (Å²) < 4.78 is 10.0. The van der Waals surface area contributed by atoms with E-state index in [0.717, 1.165) is 18.7 Å². The van der Waals surface area contributed by atoms with Gasteiger partial charge in [0.2, 0.25) is 0 Å². The Hall–Kier alpha value is -1.55. The number of esters is 1. The van der Waals surface area contributed by atoms with Gasteiger partial charge in [-0.1, -0.05) is 12.1 Å². The highest BCUT2D eigenvalue weighted by Gasteiger charge is 2.06. The van der Waals surface area contributed by atoms with Gasteiger partial charge in [-0.15, -0.1) is 0 Å². The molecule has 0 bridgehead atoms. The number of nitrogens with zero attached hydrogens (tertiary/aromatic N) is 1. The van der Waals surface area contributed by atoms with Gasteiger partial charge in [0.1, 0.15) is 5.75 Å². The van der Waals surface area contributed by atoms with E-state index in [2.05, 4.69) is 0 Å². The van der Waals surface area contributed by atoms with Crippen LogP contribution >= 0.6 is 0 Å². The van der Waals surface area contributed by atoms with Crippen LogP contribution in [-0.2, 0) is 16.0 Å². The quantitative estimate of drug-likeness (QED) is 0.692. The molecule has 0 heterocycles. The van der Waals surface area contributed by atoms with E-state index in [1.54, 1.807) is 7.11 Å². The van der Waals surface area contributed by atoms with Crippen molar-refractivity contribution in [1.29, 1.82) is 0 Å². The van der Waals surface area contributed by atoms with Gasteiger partial charge in [0.05, 0.1) is 20.3 Å². The number of carbonyl (C=O) groups excluding carboxylic acids is 1. The first kappa shape index (κ1) is 14.5. The van der Waals surface area contributed by atoms with Crippen molar-refractivity contribution >= 4 is 5.97 Å². The molecule has 0 radical (unpaired) electrons. The Morgan fingerprint density at radius 1 is 1.28 bits per heavy atom. The summed E-state index contributed by atoms with van der Waals surface area (Å²) in [5.74, 6) is 0.688. The third-order valence-electron chi connectivity index (χ3n) is 2.65. The Balaban J connectivity index is 2.32. The predicted molar refractivity (Wildman–Crippen MR) is 70.8 cm³/mol. The topological polar surface area (TPSA) is 38.8 Å². The molecule has 0 N–H and O–H groups in total. The monoisotopic (exact) mass is 251 g/mol. The zero-order valence-electron chi connectivity index (χ0n) is 11.3. The van der Waals surface area contributed by atoms with Gasteiger partial charge in [0, 0.05) is 6.54 Å². The number of likely N-dealkylation sites (N-methyl/N-ethyl adjacent to an activating group) is 1. The molecule has 1 rings (SSSR count). The summed E-state index contributed by atoms with van der Waals surface area (Å²) in [6.45, 7) is 3.41. The maximum absolute atomic E-state index is 11.3. The minimum atomic E-state index is -0.172. The van der Waals surface area contributed by atoms with Gasteiger partial charge in [-0.3, -0.25) is 9.69 Å². The van der Waals surface area contributed by atoms with Crippen molar-refractivity contribution in [3.63, 3.8) is 0 Å². The normalized spacial score (nSPS) is 10.4. The Morgan fingerprint density at radius 3 is 2.50 bits per heavy atom. The van der Waals surface area contributed by atoms with Crippen LogP contribution in [0.2, 0.25) is 0 Å². The summed E-state index contributed by atoms with van der Waals surface area (Å²) in [6, 6.07) is 7.97. The first-order chi connectivity index (χ1) is 8.65. The van der Waals surface area contributed by atoms with Crippen molar-refractivity contribution in [2.24, 2.45) is 0 Å². The molecule has 0 fully saturated rings. The summed E-state index contributed by atoms with van der Waals surface area (Å²) in [7, 11) is 3.57. The van der Waals surface area contributed by atoms with E-state index in [4.69, 9.17) is 9.47 Å². The standard InChI is InChI=1S/C14H21NO3/c1-4-18-14(16)11-15(2)10-9-12-5-7-13(17-3)8-6-12/h5-8H,4,9-11H2,1-3H3. The predicted octanol–water partition coefficient (Wildman–Crippen LogP) is 1.73. The molecule has 0 aliphatic carbocycles. The van der Waals surface area contributed by atoms with Gasteiger partial charge < -0.3 is 9.47 Å². The molecule has 0 aliphatic heterocycles. The summed E-state index contributed by atoms with van der Waals surface area (Å²) in [5, 5.41) is 0. The second kappa shape index (κ2) is 7.71.